The molecule has 2 heterocycles. The number of anilines is 1. The highest BCUT2D eigenvalue weighted by molar-refractivity contribution is 5.80. The van der Waals surface area contributed by atoms with Crippen molar-refractivity contribution in [2.75, 3.05) is 18.0 Å². The Balaban J connectivity index is 1.28. The standard InChI is InChI=1S/C28H29FN4O/c1-20-6-2-3-7-23(20)18-30-27(34)22-14-16-32(17-15-22)28-31-25-8-4-5-9-26(25)33(28)19-21-10-12-24(29)13-11-21/h2-13,22H,14-19H2,1H3,(H,30,34). The van der Waals surface area contributed by atoms with Crippen LogP contribution in [0.1, 0.15) is 29.5 Å². The molecule has 0 saturated carbocycles. The summed E-state index contributed by atoms with van der Waals surface area (Å²) in [4.78, 5) is 20.0. The SMILES string of the molecule is Cc1ccccc1CNC(=O)C1CCN(c2nc3ccccc3n2Cc2ccc(F)cc2)CC1. The first-order chi connectivity index (χ1) is 16.6. The van der Waals surface area contributed by atoms with Crippen molar-refractivity contribution in [2.24, 2.45) is 5.92 Å². The molecule has 34 heavy (non-hydrogen) atoms. The quantitative estimate of drug-likeness (QED) is 0.441. The van der Waals surface area contributed by atoms with Crippen LogP contribution in [0.5, 0.6) is 0 Å². The third-order valence-electron chi connectivity index (χ3n) is 6.75. The molecule has 5 nitrogen and oxygen atoms in total. The Morgan fingerprint density at radius 2 is 1.71 bits per heavy atom. The van der Waals surface area contributed by atoms with E-state index in [0.29, 0.717) is 13.1 Å². The molecule has 4 aromatic rings. The number of aromatic nitrogens is 2. The fourth-order valence-corrected chi connectivity index (χ4v) is 4.71. The molecule has 5 rings (SSSR count). The Hall–Kier alpha value is -3.67. The van der Waals surface area contributed by atoms with Gasteiger partial charge < -0.3 is 14.8 Å². The van der Waals surface area contributed by atoms with Crippen molar-refractivity contribution in [1.29, 1.82) is 0 Å². The average molecular weight is 457 g/mol. The summed E-state index contributed by atoms with van der Waals surface area (Å²) in [6.45, 7) is 4.80. The van der Waals surface area contributed by atoms with Crippen molar-refractivity contribution >= 4 is 22.9 Å². The van der Waals surface area contributed by atoms with E-state index in [-0.39, 0.29) is 17.6 Å². The van der Waals surface area contributed by atoms with Crippen LogP contribution in [0.4, 0.5) is 10.3 Å². The van der Waals surface area contributed by atoms with E-state index in [1.54, 1.807) is 0 Å². The van der Waals surface area contributed by atoms with Gasteiger partial charge >= 0.3 is 0 Å². The second-order valence-corrected chi connectivity index (χ2v) is 9.02. The van der Waals surface area contributed by atoms with Crippen LogP contribution in [0.25, 0.3) is 11.0 Å². The number of carbonyl (C=O) groups excluding carboxylic acids is 1. The van der Waals surface area contributed by atoms with Gasteiger partial charge in [-0.05, 0) is 60.7 Å². The average Bonchev–Trinajstić information content (AvgIpc) is 3.23. The number of halogens is 1. The zero-order chi connectivity index (χ0) is 23.5. The lowest BCUT2D eigenvalue weighted by Crippen LogP contribution is -2.41. The number of benzene rings is 3. The lowest BCUT2D eigenvalue weighted by atomic mass is 9.96. The van der Waals surface area contributed by atoms with Crippen molar-refractivity contribution in [3.8, 4) is 0 Å². The monoisotopic (exact) mass is 456 g/mol. The van der Waals surface area contributed by atoms with Gasteiger partial charge in [0.05, 0.1) is 17.6 Å². The van der Waals surface area contributed by atoms with E-state index in [0.717, 1.165) is 54.0 Å². The van der Waals surface area contributed by atoms with Gasteiger partial charge in [-0.2, -0.15) is 0 Å². The highest BCUT2D eigenvalue weighted by atomic mass is 19.1. The number of nitrogens with zero attached hydrogens (tertiary/aromatic N) is 3. The molecule has 1 amide bonds. The van der Waals surface area contributed by atoms with Crippen molar-refractivity contribution in [3.63, 3.8) is 0 Å². The predicted octanol–water partition coefficient (Wildman–Crippen LogP) is 5.06. The number of carbonyl (C=O) groups is 1. The number of piperidine rings is 1. The Labute approximate surface area is 199 Å². The van der Waals surface area contributed by atoms with Gasteiger partial charge in [0.1, 0.15) is 5.82 Å². The van der Waals surface area contributed by atoms with E-state index in [9.17, 15) is 9.18 Å². The summed E-state index contributed by atoms with van der Waals surface area (Å²) in [5.74, 6) is 0.810. The van der Waals surface area contributed by atoms with Crippen molar-refractivity contribution in [1.82, 2.24) is 14.9 Å². The van der Waals surface area contributed by atoms with E-state index >= 15 is 0 Å². The topological polar surface area (TPSA) is 50.2 Å². The number of para-hydroxylation sites is 2. The van der Waals surface area contributed by atoms with Crippen LogP contribution in [0.3, 0.4) is 0 Å². The fourth-order valence-electron chi connectivity index (χ4n) is 4.71. The largest absolute Gasteiger partial charge is 0.352 e. The van der Waals surface area contributed by atoms with Crippen LogP contribution < -0.4 is 10.2 Å². The molecule has 0 spiro atoms. The predicted molar refractivity (Wildman–Crippen MR) is 133 cm³/mol. The minimum atomic E-state index is -0.234. The molecule has 174 valence electrons. The third-order valence-corrected chi connectivity index (χ3v) is 6.75. The molecule has 0 atom stereocenters. The Morgan fingerprint density at radius 3 is 2.47 bits per heavy atom. The lowest BCUT2D eigenvalue weighted by molar-refractivity contribution is -0.125. The van der Waals surface area contributed by atoms with Crippen LogP contribution in [-0.2, 0) is 17.9 Å². The zero-order valence-corrected chi connectivity index (χ0v) is 19.4. The first-order valence-electron chi connectivity index (χ1n) is 11.9. The maximum Gasteiger partial charge on any atom is 0.223 e. The minimum Gasteiger partial charge on any atom is -0.352 e. The fraction of sp³-hybridized carbons (Fsp3) is 0.286. The number of fused-ring (bicyclic) bond motifs is 1. The molecular formula is C28H29FN4O. The molecule has 1 fully saturated rings. The maximum absolute atomic E-state index is 13.4. The van der Waals surface area contributed by atoms with Crippen LogP contribution in [0.2, 0.25) is 0 Å². The lowest BCUT2D eigenvalue weighted by Gasteiger charge is -2.32. The number of hydrogen-bond donors (Lipinski definition) is 1. The summed E-state index contributed by atoms with van der Waals surface area (Å²) in [5.41, 5.74) is 5.37. The summed E-state index contributed by atoms with van der Waals surface area (Å²) in [6, 6.07) is 22.9. The molecule has 1 N–H and O–H groups in total. The molecule has 1 aliphatic heterocycles. The van der Waals surface area contributed by atoms with Crippen molar-refractivity contribution < 1.29 is 9.18 Å². The summed E-state index contributed by atoms with van der Waals surface area (Å²) in [5, 5.41) is 3.13. The van der Waals surface area contributed by atoms with E-state index < -0.39 is 0 Å². The smallest absolute Gasteiger partial charge is 0.223 e. The molecular weight excluding hydrogens is 427 g/mol. The van der Waals surface area contributed by atoms with E-state index in [2.05, 4.69) is 39.9 Å². The van der Waals surface area contributed by atoms with Crippen LogP contribution in [0, 0.1) is 18.7 Å². The van der Waals surface area contributed by atoms with E-state index in [1.165, 1.54) is 17.7 Å². The number of hydrogen-bond acceptors (Lipinski definition) is 3. The van der Waals surface area contributed by atoms with E-state index in [1.807, 2.05) is 42.5 Å². The van der Waals surface area contributed by atoms with Gasteiger partial charge in [0, 0.05) is 25.6 Å². The van der Waals surface area contributed by atoms with Gasteiger partial charge in [0.2, 0.25) is 11.9 Å². The van der Waals surface area contributed by atoms with Gasteiger partial charge in [-0.1, -0.05) is 48.5 Å². The third kappa shape index (κ3) is 4.67. The highest BCUT2D eigenvalue weighted by Crippen LogP contribution is 2.28. The number of amides is 1. The number of aryl methyl sites for hydroxylation is 1. The molecule has 3 aromatic carbocycles. The number of imidazole rings is 1. The molecule has 0 unspecified atom stereocenters. The summed E-state index contributed by atoms with van der Waals surface area (Å²) in [6.07, 6.45) is 1.58. The Morgan fingerprint density at radius 1 is 1.00 bits per heavy atom. The first-order valence-corrected chi connectivity index (χ1v) is 11.9. The normalized spacial score (nSPS) is 14.5. The Bertz CT molecular complexity index is 1290. The summed E-state index contributed by atoms with van der Waals surface area (Å²) >= 11 is 0. The van der Waals surface area contributed by atoms with Crippen LogP contribution in [0.15, 0.2) is 72.8 Å². The molecule has 0 aliphatic carbocycles. The second kappa shape index (κ2) is 9.67. The van der Waals surface area contributed by atoms with Gasteiger partial charge in [-0.15, -0.1) is 0 Å². The van der Waals surface area contributed by atoms with Gasteiger partial charge in [0.25, 0.3) is 0 Å². The molecule has 1 saturated heterocycles. The second-order valence-electron chi connectivity index (χ2n) is 9.02. The van der Waals surface area contributed by atoms with Crippen molar-refractivity contribution in [3.05, 3.63) is 95.3 Å². The zero-order valence-electron chi connectivity index (χ0n) is 19.4. The maximum atomic E-state index is 13.4. The van der Waals surface area contributed by atoms with Gasteiger partial charge in [-0.25, -0.2) is 9.37 Å². The van der Waals surface area contributed by atoms with Crippen LogP contribution in [-0.4, -0.2) is 28.5 Å². The molecule has 1 aromatic heterocycles. The number of rotatable bonds is 6. The van der Waals surface area contributed by atoms with Gasteiger partial charge in [-0.3, -0.25) is 4.79 Å². The Kier molecular flexibility index (Phi) is 6.30. The summed E-state index contributed by atoms with van der Waals surface area (Å²) in [7, 11) is 0. The summed E-state index contributed by atoms with van der Waals surface area (Å²) < 4.78 is 15.6. The molecule has 0 bridgehead atoms. The molecule has 6 heteroatoms. The van der Waals surface area contributed by atoms with Gasteiger partial charge in [0.15, 0.2) is 0 Å². The van der Waals surface area contributed by atoms with E-state index in [4.69, 9.17) is 4.98 Å². The highest BCUT2D eigenvalue weighted by Gasteiger charge is 2.27. The molecule has 1 aliphatic rings. The molecule has 0 radical (unpaired) electrons. The first kappa shape index (κ1) is 22.1. The number of nitrogens with one attached hydrogen (secondary N) is 1. The minimum absolute atomic E-state index is 0.00944. The van der Waals surface area contributed by atoms with Crippen LogP contribution >= 0.6 is 0 Å². The van der Waals surface area contributed by atoms with Crippen molar-refractivity contribution in [2.45, 2.75) is 32.9 Å².